The van der Waals surface area contributed by atoms with E-state index in [-0.39, 0.29) is 27.8 Å². The monoisotopic (exact) mass is 428 g/mol. The van der Waals surface area contributed by atoms with E-state index >= 15 is 0 Å². The molecule has 0 bridgehead atoms. The van der Waals surface area contributed by atoms with E-state index < -0.39 is 26.9 Å². The highest BCUT2D eigenvalue weighted by molar-refractivity contribution is 7.92. The summed E-state index contributed by atoms with van der Waals surface area (Å²) in [5, 5.41) is 15.2. The van der Waals surface area contributed by atoms with Gasteiger partial charge < -0.3 is 20.5 Å². The van der Waals surface area contributed by atoms with Crippen LogP contribution in [0.1, 0.15) is 39.5 Å². The maximum Gasteiger partial charge on any atom is 0.319 e. The lowest BCUT2D eigenvalue weighted by molar-refractivity contribution is 0.0122. The molecular weight excluding hydrogens is 404 g/mol. The van der Waals surface area contributed by atoms with Gasteiger partial charge in [-0.3, -0.25) is 0 Å². The van der Waals surface area contributed by atoms with Crippen molar-refractivity contribution in [2.45, 2.75) is 61.8 Å². The molecule has 0 aliphatic heterocycles. The summed E-state index contributed by atoms with van der Waals surface area (Å²) < 4.78 is 31.3. The number of carbonyl (C=O) groups is 1. The first-order chi connectivity index (χ1) is 13.2. The van der Waals surface area contributed by atoms with Crippen LogP contribution in [0.5, 0.6) is 5.75 Å². The number of hydrogen-bond donors (Lipinski definition) is 3. The number of urea groups is 1. The van der Waals surface area contributed by atoms with Crippen molar-refractivity contribution in [3.8, 4) is 5.75 Å². The third-order valence-corrected chi connectivity index (χ3v) is 7.96. The number of phenols is 1. The number of ether oxygens (including phenoxy) is 1. The SMILES string of the molecule is CCOC1CC(S(=O)(=O)c2c(Cl)ccc(NC(=O)NC3CCC=C3C)c2O)C1. The largest absolute Gasteiger partial charge is 0.504 e. The summed E-state index contributed by atoms with van der Waals surface area (Å²) in [5.41, 5.74) is 1.08. The first kappa shape index (κ1) is 21.0. The number of sulfone groups is 1. The predicted octanol–water partition coefficient (Wildman–Crippen LogP) is 3.62. The Labute approximate surface area is 170 Å². The minimum atomic E-state index is -3.85. The van der Waals surface area contributed by atoms with Gasteiger partial charge >= 0.3 is 6.03 Å². The smallest absolute Gasteiger partial charge is 0.319 e. The molecule has 0 aromatic heterocycles. The normalized spacial score (nSPS) is 24.4. The Morgan fingerprint density at radius 1 is 1.36 bits per heavy atom. The lowest BCUT2D eigenvalue weighted by Crippen LogP contribution is -2.41. The fourth-order valence-electron chi connectivity index (χ4n) is 3.58. The number of anilines is 1. The van der Waals surface area contributed by atoms with Gasteiger partial charge in [-0.1, -0.05) is 23.3 Å². The van der Waals surface area contributed by atoms with Crippen LogP contribution in [0.2, 0.25) is 5.02 Å². The van der Waals surface area contributed by atoms with Gasteiger partial charge in [0.2, 0.25) is 0 Å². The summed E-state index contributed by atoms with van der Waals surface area (Å²) >= 11 is 6.10. The predicted molar refractivity (Wildman–Crippen MR) is 108 cm³/mol. The molecule has 1 unspecified atom stereocenters. The molecule has 0 spiro atoms. The Hall–Kier alpha value is -1.77. The van der Waals surface area contributed by atoms with Crippen LogP contribution in [0.4, 0.5) is 10.5 Å². The topological polar surface area (TPSA) is 105 Å². The van der Waals surface area contributed by atoms with Crippen molar-refractivity contribution in [1.29, 1.82) is 0 Å². The molecule has 1 atom stereocenters. The van der Waals surface area contributed by atoms with Gasteiger partial charge in [0.1, 0.15) is 4.90 Å². The highest BCUT2D eigenvalue weighted by atomic mass is 35.5. The van der Waals surface area contributed by atoms with Crippen LogP contribution in [-0.4, -0.2) is 43.6 Å². The number of nitrogens with one attached hydrogen (secondary N) is 2. The molecule has 3 N–H and O–H groups in total. The highest BCUT2D eigenvalue weighted by Gasteiger charge is 2.42. The van der Waals surface area contributed by atoms with Crippen molar-refractivity contribution in [2.75, 3.05) is 11.9 Å². The first-order valence-electron chi connectivity index (χ1n) is 9.35. The summed E-state index contributed by atoms with van der Waals surface area (Å²) in [5.74, 6) is -0.541. The van der Waals surface area contributed by atoms with Gasteiger partial charge in [0.25, 0.3) is 0 Å². The fraction of sp³-hybridized carbons (Fsp3) is 0.526. The van der Waals surface area contributed by atoms with Gasteiger partial charge in [-0.15, -0.1) is 0 Å². The molecule has 3 rings (SSSR count). The molecule has 0 radical (unpaired) electrons. The zero-order chi connectivity index (χ0) is 20.5. The third-order valence-electron chi connectivity index (χ3n) is 5.29. The number of carbonyl (C=O) groups excluding carboxylic acids is 1. The van der Waals surface area contributed by atoms with Gasteiger partial charge in [0.05, 0.1) is 28.1 Å². The highest BCUT2D eigenvalue weighted by Crippen LogP contribution is 2.43. The standard InChI is InChI=1S/C19H25ClN2O5S/c1-3-27-12-9-13(10-12)28(25,26)18-14(20)7-8-16(17(18)23)22-19(24)21-15-6-4-5-11(15)2/h5,7-8,12-13,15,23H,3-4,6,9-10H2,1-2H3,(H2,21,22,24). The van der Waals surface area contributed by atoms with Crippen LogP contribution in [0.3, 0.4) is 0 Å². The summed E-state index contributed by atoms with van der Waals surface area (Å²) in [7, 11) is -3.85. The Kier molecular flexibility index (Phi) is 6.21. The van der Waals surface area contributed by atoms with Crippen LogP contribution < -0.4 is 10.6 Å². The summed E-state index contributed by atoms with van der Waals surface area (Å²) in [6, 6.07) is 2.17. The maximum absolute atomic E-state index is 12.9. The average Bonchev–Trinajstić information content (AvgIpc) is 2.97. The zero-order valence-corrected chi connectivity index (χ0v) is 17.4. The number of aromatic hydroxyl groups is 1. The molecule has 28 heavy (non-hydrogen) atoms. The molecule has 2 amide bonds. The number of phenolic OH excluding ortho intramolecular Hbond substituents is 1. The molecular formula is C19H25ClN2O5S. The van der Waals surface area contributed by atoms with Crippen LogP contribution in [0.15, 0.2) is 28.7 Å². The van der Waals surface area contributed by atoms with E-state index in [1.165, 1.54) is 12.1 Å². The van der Waals surface area contributed by atoms with Crippen molar-refractivity contribution in [3.63, 3.8) is 0 Å². The Bertz CT molecular complexity index is 894. The maximum atomic E-state index is 12.9. The number of amides is 2. The molecule has 1 fully saturated rings. The molecule has 154 valence electrons. The number of benzene rings is 1. The lowest BCUT2D eigenvalue weighted by atomic mass is 9.95. The Morgan fingerprint density at radius 2 is 2.07 bits per heavy atom. The quantitative estimate of drug-likeness (QED) is 0.474. The molecule has 1 aromatic rings. The molecule has 1 saturated carbocycles. The molecule has 2 aliphatic carbocycles. The van der Waals surface area contributed by atoms with Crippen molar-refractivity contribution in [1.82, 2.24) is 5.32 Å². The van der Waals surface area contributed by atoms with E-state index in [9.17, 15) is 18.3 Å². The van der Waals surface area contributed by atoms with E-state index in [0.717, 1.165) is 18.4 Å². The summed E-state index contributed by atoms with van der Waals surface area (Å²) in [4.78, 5) is 11.9. The number of rotatable bonds is 6. The molecule has 2 aliphatic rings. The van der Waals surface area contributed by atoms with Crippen molar-refractivity contribution < 1.29 is 23.1 Å². The molecule has 9 heteroatoms. The lowest BCUT2D eigenvalue weighted by Gasteiger charge is -2.34. The first-order valence-corrected chi connectivity index (χ1v) is 11.3. The Balaban J connectivity index is 1.76. The van der Waals surface area contributed by atoms with E-state index in [0.29, 0.717) is 19.4 Å². The van der Waals surface area contributed by atoms with Crippen molar-refractivity contribution >= 4 is 33.2 Å². The Morgan fingerprint density at radius 3 is 2.68 bits per heavy atom. The zero-order valence-electron chi connectivity index (χ0n) is 15.9. The van der Waals surface area contributed by atoms with Gasteiger partial charge in [0, 0.05) is 6.61 Å². The van der Waals surface area contributed by atoms with Gasteiger partial charge in [0.15, 0.2) is 15.6 Å². The second-order valence-corrected chi connectivity index (χ2v) is 9.74. The molecule has 0 saturated heterocycles. The summed E-state index contributed by atoms with van der Waals surface area (Å²) in [6.07, 6.45) is 4.39. The van der Waals surface area contributed by atoms with Crippen LogP contribution in [-0.2, 0) is 14.6 Å². The van der Waals surface area contributed by atoms with E-state index in [2.05, 4.69) is 16.7 Å². The molecule has 0 heterocycles. The van der Waals surface area contributed by atoms with E-state index in [1.807, 2.05) is 13.8 Å². The van der Waals surface area contributed by atoms with Gasteiger partial charge in [-0.2, -0.15) is 0 Å². The minimum absolute atomic E-state index is 0.000728. The van der Waals surface area contributed by atoms with Crippen LogP contribution >= 0.6 is 11.6 Å². The van der Waals surface area contributed by atoms with Gasteiger partial charge in [-0.25, -0.2) is 13.2 Å². The minimum Gasteiger partial charge on any atom is -0.504 e. The van der Waals surface area contributed by atoms with Crippen LogP contribution in [0, 0.1) is 0 Å². The number of hydrogen-bond acceptors (Lipinski definition) is 5. The number of halogens is 1. The third kappa shape index (κ3) is 4.14. The van der Waals surface area contributed by atoms with Crippen molar-refractivity contribution in [3.05, 3.63) is 28.8 Å². The fourth-order valence-corrected chi connectivity index (χ4v) is 6.04. The van der Waals surface area contributed by atoms with Gasteiger partial charge in [-0.05, 0) is 51.7 Å². The average molecular weight is 429 g/mol. The molecule has 7 nitrogen and oxygen atoms in total. The molecule has 1 aromatic carbocycles. The van der Waals surface area contributed by atoms with Crippen LogP contribution in [0.25, 0.3) is 0 Å². The summed E-state index contributed by atoms with van der Waals surface area (Å²) in [6.45, 7) is 4.32. The van der Waals surface area contributed by atoms with Crippen molar-refractivity contribution in [2.24, 2.45) is 0 Å². The van der Waals surface area contributed by atoms with E-state index in [4.69, 9.17) is 16.3 Å². The second kappa shape index (κ2) is 8.31. The number of allylic oxidation sites excluding steroid dienone is 1. The van der Waals surface area contributed by atoms with E-state index in [1.54, 1.807) is 0 Å². The second-order valence-electron chi connectivity index (χ2n) is 7.16.